The summed E-state index contributed by atoms with van der Waals surface area (Å²) in [4.78, 5) is 11.9. The summed E-state index contributed by atoms with van der Waals surface area (Å²) in [5.74, 6) is 0. The van der Waals surface area contributed by atoms with Crippen molar-refractivity contribution in [3.8, 4) is 0 Å². The molecule has 0 N–H and O–H groups in total. The highest BCUT2D eigenvalue weighted by Gasteiger charge is 2.08. The normalized spacial score (nSPS) is 10.9. The molecule has 0 aliphatic rings. The quantitative estimate of drug-likeness (QED) is 0.722. The number of fused-ring (bicyclic) bond motifs is 1. The Hall–Kier alpha value is -1.84. The zero-order chi connectivity index (χ0) is 14.1. The topological polar surface area (TPSA) is 34.9 Å². The molecule has 3 rings (SSSR count). The van der Waals surface area contributed by atoms with Crippen LogP contribution in [0.15, 0.2) is 53.5 Å². The van der Waals surface area contributed by atoms with Gasteiger partial charge in [0.15, 0.2) is 0 Å². The van der Waals surface area contributed by atoms with E-state index in [-0.39, 0.29) is 15.6 Å². The molecule has 0 radical (unpaired) electrons. The van der Waals surface area contributed by atoms with Gasteiger partial charge < -0.3 is 0 Å². The van der Waals surface area contributed by atoms with E-state index in [1.54, 1.807) is 0 Å². The van der Waals surface area contributed by atoms with Crippen molar-refractivity contribution in [1.82, 2.24) is 9.78 Å². The van der Waals surface area contributed by atoms with Gasteiger partial charge in [-0.25, -0.2) is 4.68 Å². The van der Waals surface area contributed by atoms with Gasteiger partial charge in [0, 0.05) is 0 Å². The molecule has 0 aliphatic heterocycles. The highest BCUT2D eigenvalue weighted by Crippen LogP contribution is 2.17. The van der Waals surface area contributed by atoms with Crippen molar-refractivity contribution in [2.45, 2.75) is 6.54 Å². The molecule has 2 aromatic carbocycles. The maximum Gasteiger partial charge on any atom is 0.287 e. The largest absolute Gasteiger partial charge is 0.287 e. The average molecular weight is 305 g/mol. The van der Waals surface area contributed by atoms with Gasteiger partial charge >= 0.3 is 0 Å². The summed E-state index contributed by atoms with van der Waals surface area (Å²) >= 11 is 11.6. The van der Waals surface area contributed by atoms with Crippen molar-refractivity contribution in [3.63, 3.8) is 0 Å². The molecule has 0 atom stereocenters. The number of nitrogens with zero attached hydrogens (tertiary/aromatic N) is 2. The molecular formula is C15H10Cl2N2O. The van der Waals surface area contributed by atoms with E-state index >= 15 is 0 Å². The van der Waals surface area contributed by atoms with Crippen LogP contribution in [0.3, 0.4) is 0 Å². The summed E-state index contributed by atoms with van der Waals surface area (Å²) in [5, 5.41) is 6.46. The lowest BCUT2D eigenvalue weighted by molar-refractivity contribution is 0.639. The zero-order valence-corrected chi connectivity index (χ0v) is 11.9. The first kappa shape index (κ1) is 13.2. The molecule has 0 bridgehead atoms. The van der Waals surface area contributed by atoms with Crippen molar-refractivity contribution in [2.24, 2.45) is 0 Å². The van der Waals surface area contributed by atoms with Gasteiger partial charge in [0.1, 0.15) is 5.02 Å². The fourth-order valence-electron chi connectivity index (χ4n) is 2.07. The van der Waals surface area contributed by atoms with Gasteiger partial charge in [0.05, 0.1) is 17.8 Å². The Morgan fingerprint density at radius 3 is 2.60 bits per heavy atom. The standard InChI is InChI=1S/C15H10Cl2N2O/c16-13-8-18-19(15(20)14(13)17)9-10-5-6-11-3-1-2-4-12(11)7-10/h1-8H,9H2. The minimum atomic E-state index is -0.382. The molecule has 0 spiro atoms. The van der Waals surface area contributed by atoms with Crippen LogP contribution in [0.1, 0.15) is 5.56 Å². The van der Waals surface area contributed by atoms with E-state index in [0.717, 1.165) is 16.3 Å². The molecule has 5 heteroatoms. The highest BCUT2D eigenvalue weighted by atomic mass is 35.5. The van der Waals surface area contributed by atoms with E-state index in [1.165, 1.54) is 10.9 Å². The predicted octanol–water partition coefficient (Wildman–Crippen LogP) is 3.75. The molecule has 0 amide bonds. The monoisotopic (exact) mass is 304 g/mol. The number of hydrogen-bond donors (Lipinski definition) is 0. The minimum absolute atomic E-state index is 0.00227. The zero-order valence-electron chi connectivity index (χ0n) is 10.4. The fraction of sp³-hybridized carbons (Fsp3) is 0.0667. The third-order valence-electron chi connectivity index (χ3n) is 3.09. The van der Waals surface area contributed by atoms with E-state index in [0.29, 0.717) is 6.54 Å². The number of aromatic nitrogens is 2. The third-order valence-corrected chi connectivity index (χ3v) is 3.84. The molecule has 20 heavy (non-hydrogen) atoms. The highest BCUT2D eigenvalue weighted by molar-refractivity contribution is 6.41. The van der Waals surface area contributed by atoms with Crippen LogP contribution in [-0.4, -0.2) is 9.78 Å². The summed E-state index contributed by atoms with van der Waals surface area (Å²) in [5.41, 5.74) is 0.601. The Kier molecular flexibility index (Phi) is 3.47. The van der Waals surface area contributed by atoms with Gasteiger partial charge in [0.2, 0.25) is 0 Å². The molecule has 0 unspecified atom stereocenters. The van der Waals surface area contributed by atoms with E-state index in [2.05, 4.69) is 5.10 Å². The van der Waals surface area contributed by atoms with Gasteiger partial charge in [-0.2, -0.15) is 5.10 Å². The molecule has 3 nitrogen and oxygen atoms in total. The van der Waals surface area contributed by atoms with Crippen LogP contribution in [0.2, 0.25) is 10.0 Å². The lowest BCUT2D eigenvalue weighted by Gasteiger charge is -2.07. The van der Waals surface area contributed by atoms with E-state index in [4.69, 9.17) is 23.2 Å². The third kappa shape index (κ3) is 2.42. The van der Waals surface area contributed by atoms with E-state index in [9.17, 15) is 4.79 Å². The van der Waals surface area contributed by atoms with Gasteiger partial charge in [-0.05, 0) is 22.4 Å². The second-order valence-corrected chi connectivity index (χ2v) is 5.24. The Morgan fingerprint density at radius 1 is 1.05 bits per heavy atom. The molecule has 1 aromatic heterocycles. The van der Waals surface area contributed by atoms with Crippen LogP contribution < -0.4 is 5.56 Å². The van der Waals surface area contributed by atoms with Crippen LogP contribution >= 0.6 is 23.2 Å². The lowest BCUT2D eigenvalue weighted by atomic mass is 10.1. The van der Waals surface area contributed by atoms with Crippen LogP contribution in [0, 0.1) is 0 Å². The Balaban J connectivity index is 2.01. The van der Waals surface area contributed by atoms with Crippen molar-refractivity contribution in [3.05, 3.63) is 74.6 Å². The first-order valence-corrected chi connectivity index (χ1v) is 6.79. The summed E-state index contributed by atoms with van der Waals surface area (Å²) in [6.07, 6.45) is 1.38. The number of rotatable bonds is 2. The Morgan fingerprint density at radius 2 is 1.80 bits per heavy atom. The molecule has 0 fully saturated rings. The smallest absolute Gasteiger partial charge is 0.266 e. The molecular weight excluding hydrogens is 295 g/mol. The second kappa shape index (κ2) is 5.27. The maximum absolute atomic E-state index is 11.9. The van der Waals surface area contributed by atoms with Gasteiger partial charge in [0.25, 0.3) is 5.56 Å². The second-order valence-electron chi connectivity index (χ2n) is 4.45. The van der Waals surface area contributed by atoms with Crippen molar-refractivity contribution in [1.29, 1.82) is 0 Å². The minimum Gasteiger partial charge on any atom is -0.266 e. The summed E-state index contributed by atoms with van der Waals surface area (Å²) in [6.45, 7) is 0.362. The molecule has 0 aliphatic carbocycles. The Bertz CT molecular complexity index is 843. The van der Waals surface area contributed by atoms with Gasteiger partial charge in [-0.15, -0.1) is 0 Å². The number of benzene rings is 2. The maximum atomic E-state index is 11.9. The van der Waals surface area contributed by atoms with Crippen molar-refractivity contribution >= 4 is 34.0 Å². The van der Waals surface area contributed by atoms with Crippen molar-refractivity contribution in [2.75, 3.05) is 0 Å². The molecule has 0 saturated carbocycles. The average Bonchev–Trinajstić information content (AvgIpc) is 2.48. The number of halogens is 2. The van der Waals surface area contributed by atoms with Crippen LogP contribution in [0.5, 0.6) is 0 Å². The summed E-state index contributed by atoms with van der Waals surface area (Å²) in [7, 11) is 0. The first-order chi connectivity index (χ1) is 9.65. The van der Waals surface area contributed by atoms with E-state index in [1.807, 2.05) is 42.5 Å². The molecule has 3 aromatic rings. The van der Waals surface area contributed by atoms with Crippen LogP contribution in [0.4, 0.5) is 0 Å². The predicted molar refractivity (Wildman–Crippen MR) is 81.6 cm³/mol. The SMILES string of the molecule is O=c1c(Cl)c(Cl)cnn1Cc1ccc2ccccc2c1. The number of hydrogen-bond acceptors (Lipinski definition) is 2. The van der Waals surface area contributed by atoms with Gasteiger partial charge in [-0.1, -0.05) is 59.6 Å². The van der Waals surface area contributed by atoms with Crippen molar-refractivity contribution < 1.29 is 0 Å². The Labute approximate surface area is 125 Å². The summed E-state index contributed by atoms with van der Waals surface area (Å²) < 4.78 is 1.30. The first-order valence-electron chi connectivity index (χ1n) is 6.04. The molecule has 0 saturated heterocycles. The van der Waals surface area contributed by atoms with Crippen LogP contribution in [-0.2, 0) is 6.54 Å². The molecule has 100 valence electrons. The summed E-state index contributed by atoms with van der Waals surface area (Å²) in [6, 6.07) is 14.1. The van der Waals surface area contributed by atoms with Crippen LogP contribution in [0.25, 0.3) is 10.8 Å². The van der Waals surface area contributed by atoms with Gasteiger partial charge in [-0.3, -0.25) is 4.79 Å². The van der Waals surface area contributed by atoms with E-state index < -0.39 is 0 Å². The fourth-order valence-corrected chi connectivity index (χ4v) is 2.34. The molecule has 1 heterocycles. The lowest BCUT2D eigenvalue weighted by Crippen LogP contribution is -2.23.